The number of fused-ring (bicyclic) bond motifs is 1. The van der Waals surface area contributed by atoms with Crippen molar-refractivity contribution in [1.82, 2.24) is 0 Å². The maximum Gasteiger partial charge on any atom is 0.224 e. The maximum absolute atomic E-state index is 10.3. The van der Waals surface area contributed by atoms with E-state index in [9.17, 15) is 4.79 Å². The number of hydrogen-bond acceptors (Lipinski definition) is 1. The van der Waals surface area contributed by atoms with Gasteiger partial charge in [0.15, 0.2) is 0 Å². The van der Waals surface area contributed by atoms with Gasteiger partial charge in [0.2, 0.25) is 5.24 Å². The van der Waals surface area contributed by atoms with Crippen molar-refractivity contribution >= 4 is 16.8 Å². The van der Waals surface area contributed by atoms with E-state index in [0.717, 1.165) is 12.8 Å². The van der Waals surface area contributed by atoms with Gasteiger partial charge in [-0.2, -0.15) is 0 Å². The van der Waals surface area contributed by atoms with Crippen molar-refractivity contribution < 1.29 is 4.79 Å². The Labute approximate surface area is 103 Å². The first kappa shape index (κ1) is 13.2. The lowest BCUT2D eigenvalue weighted by Crippen LogP contribution is -2.01. The van der Waals surface area contributed by atoms with E-state index in [1.54, 1.807) is 5.56 Å². The molecule has 1 aliphatic carbocycles. The van der Waals surface area contributed by atoms with Crippen LogP contribution in [0.4, 0.5) is 0 Å². The van der Waals surface area contributed by atoms with E-state index >= 15 is 0 Å². The van der Waals surface area contributed by atoms with Crippen LogP contribution in [0.1, 0.15) is 43.4 Å². The van der Waals surface area contributed by atoms with Gasteiger partial charge < -0.3 is 0 Å². The number of hydrogen-bond donors (Lipinski definition) is 0. The van der Waals surface area contributed by atoms with Crippen molar-refractivity contribution in [3.8, 4) is 0 Å². The summed E-state index contributed by atoms with van der Waals surface area (Å²) in [4.78, 5) is 10.3. The molecule has 1 aliphatic rings. The molecule has 0 aliphatic heterocycles. The summed E-state index contributed by atoms with van der Waals surface area (Å²) in [5, 5.41) is -0.216. The summed E-state index contributed by atoms with van der Waals surface area (Å²) < 4.78 is 0. The molecule has 1 aromatic carbocycles. The summed E-state index contributed by atoms with van der Waals surface area (Å²) in [5.41, 5.74) is 4.47. The average molecular weight is 239 g/mol. The van der Waals surface area contributed by atoms with E-state index in [4.69, 9.17) is 11.6 Å². The van der Waals surface area contributed by atoms with Crippen molar-refractivity contribution in [3.63, 3.8) is 0 Å². The summed E-state index contributed by atoms with van der Waals surface area (Å²) in [6.07, 6.45) is 3.18. The predicted octanol–water partition coefficient (Wildman–Crippen LogP) is 4.09. The molecular formula is C14H19ClO. The number of halogens is 1. The lowest BCUT2D eigenvalue weighted by atomic mass is 10.1. The van der Waals surface area contributed by atoms with Crippen LogP contribution in [0.3, 0.4) is 0 Å². The Bertz CT molecular complexity index is 370. The Balaban J connectivity index is 0.000000160. The summed E-state index contributed by atoms with van der Waals surface area (Å²) in [6.45, 7) is 6.02. The van der Waals surface area contributed by atoms with Crippen LogP contribution in [-0.2, 0) is 11.2 Å². The van der Waals surface area contributed by atoms with Crippen LogP contribution >= 0.6 is 11.6 Å². The highest BCUT2D eigenvalue weighted by Gasteiger charge is 2.14. The second-order valence-electron chi connectivity index (χ2n) is 4.44. The molecule has 1 unspecified atom stereocenters. The Kier molecular flexibility index (Phi) is 5.01. The van der Waals surface area contributed by atoms with Gasteiger partial charge in [-0.05, 0) is 42.5 Å². The highest BCUT2D eigenvalue weighted by atomic mass is 35.5. The van der Waals surface area contributed by atoms with Crippen LogP contribution in [0.25, 0.3) is 0 Å². The smallest absolute Gasteiger partial charge is 0.224 e. The fourth-order valence-corrected chi connectivity index (χ4v) is 1.68. The van der Waals surface area contributed by atoms with Crippen LogP contribution in [0.5, 0.6) is 0 Å². The lowest BCUT2D eigenvalue weighted by molar-refractivity contribution is -0.114. The number of aryl methyl sites for hydroxylation is 1. The normalized spacial score (nSPS) is 13.2. The second-order valence-corrected chi connectivity index (χ2v) is 4.82. The lowest BCUT2D eigenvalue weighted by Gasteiger charge is -1.99. The molecule has 2 rings (SSSR count). The standard InChI is InChI=1S/C8H8.C6H11ClO/c1-6-2-3-7-5-8(7)4-6;1-3-4-5(2)6(7)8/h2-4H,5H2,1H3;5H,3-4H2,1-2H3. The van der Waals surface area contributed by atoms with E-state index in [1.807, 2.05) is 13.8 Å². The van der Waals surface area contributed by atoms with Crippen molar-refractivity contribution in [1.29, 1.82) is 0 Å². The Morgan fingerprint density at radius 1 is 1.44 bits per heavy atom. The number of rotatable bonds is 3. The topological polar surface area (TPSA) is 17.1 Å². The third-order valence-corrected chi connectivity index (χ3v) is 3.10. The first-order valence-corrected chi connectivity index (χ1v) is 6.20. The molecule has 0 radical (unpaired) electrons. The minimum Gasteiger partial charge on any atom is -0.281 e. The molecule has 0 N–H and O–H groups in total. The fourth-order valence-electron chi connectivity index (χ4n) is 1.57. The van der Waals surface area contributed by atoms with Gasteiger partial charge in [0.25, 0.3) is 0 Å². The quantitative estimate of drug-likeness (QED) is 0.737. The van der Waals surface area contributed by atoms with Crippen LogP contribution in [-0.4, -0.2) is 5.24 Å². The number of carbonyl (C=O) groups excluding carboxylic acids is 1. The number of carbonyl (C=O) groups is 1. The van der Waals surface area contributed by atoms with Gasteiger partial charge in [0.05, 0.1) is 0 Å². The largest absolute Gasteiger partial charge is 0.281 e. The van der Waals surface area contributed by atoms with Gasteiger partial charge in [-0.15, -0.1) is 0 Å². The van der Waals surface area contributed by atoms with Gasteiger partial charge in [0.1, 0.15) is 0 Å². The molecule has 2 heteroatoms. The molecular weight excluding hydrogens is 220 g/mol. The first-order valence-electron chi connectivity index (χ1n) is 5.82. The molecule has 1 nitrogen and oxygen atoms in total. The van der Waals surface area contributed by atoms with E-state index in [1.165, 1.54) is 17.5 Å². The van der Waals surface area contributed by atoms with Crippen LogP contribution in [0.2, 0.25) is 0 Å². The zero-order chi connectivity index (χ0) is 12.1. The fraction of sp³-hybridized carbons (Fsp3) is 0.500. The monoisotopic (exact) mass is 238 g/mol. The van der Waals surface area contributed by atoms with Crippen LogP contribution in [0.15, 0.2) is 18.2 Å². The van der Waals surface area contributed by atoms with Gasteiger partial charge in [-0.1, -0.05) is 44.0 Å². The van der Waals surface area contributed by atoms with Crippen molar-refractivity contribution in [2.24, 2.45) is 5.92 Å². The minimum absolute atomic E-state index is 0.0432. The second kappa shape index (κ2) is 6.05. The minimum atomic E-state index is -0.216. The molecule has 0 saturated heterocycles. The Morgan fingerprint density at radius 2 is 2.12 bits per heavy atom. The van der Waals surface area contributed by atoms with E-state index in [2.05, 4.69) is 25.1 Å². The van der Waals surface area contributed by atoms with Crippen molar-refractivity contribution in [3.05, 3.63) is 34.9 Å². The Hall–Kier alpha value is -0.820. The molecule has 0 aromatic heterocycles. The molecule has 88 valence electrons. The summed E-state index contributed by atoms with van der Waals surface area (Å²) in [7, 11) is 0. The van der Waals surface area contributed by atoms with Gasteiger partial charge >= 0.3 is 0 Å². The van der Waals surface area contributed by atoms with Gasteiger partial charge in [0, 0.05) is 5.92 Å². The molecule has 0 heterocycles. The molecule has 0 amide bonds. The summed E-state index contributed by atoms with van der Waals surface area (Å²) >= 11 is 5.17. The van der Waals surface area contributed by atoms with Gasteiger partial charge in [-0.25, -0.2) is 0 Å². The zero-order valence-corrected chi connectivity index (χ0v) is 11.0. The maximum atomic E-state index is 10.3. The van der Waals surface area contributed by atoms with Crippen LogP contribution in [0, 0.1) is 12.8 Å². The molecule has 0 fully saturated rings. The Morgan fingerprint density at radius 3 is 2.50 bits per heavy atom. The van der Waals surface area contributed by atoms with Crippen molar-refractivity contribution in [2.75, 3.05) is 0 Å². The average Bonchev–Trinajstić information content (AvgIpc) is 2.97. The van der Waals surface area contributed by atoms with Crippen LogP contribution < -0.4 is 0 Å². The van der Waals surface area contributed by atoms with Gasteiger partial charge in [-0.3, -0.25) is 4.79 Å². The predicted molar refractivity (Wildman–Crippen MR) is 68.9 cm³/mol. The number of benzene rings is 1. The highest BCUT2D eigenvalue weighted by Crippen LogP contribution is 2.27. The third kappa shape index (κ3) is 4.36. The molecule has 1 aromatic rings. The first-order chi connectivity index (χ1) is 7.54. The van der Waals surface area contributed by atoms with E-state index in [0.29, 0.717) is 0 Å². The highest BCUT2D eigenvalue weighted by molar-refractivity contribution is 6.63. The molecule has 0 bridgehead atoms. The summed E-state index contributed by atoms with van der Waals surface area (Å²) in [6, 6.07) is 6.64. The van der Waals surface area contributed by atoms with E-state index < -0.39 is 0 Å². The molecule has 16 heavy (non-hydrogen) atoms. The third-order valence-electron chi connectivity index (χ3n) is 2.73. The van der Waals surface area contributed by atoms with Crippen molar-refractivity contribution in [2.45, 2.75) is 40.0 Å². The molecule has 0 saturated carbocycles. The molecule has 0 spiro atoms. The summed E-state index contributed by atoms with van der Waals surface area (Å²) in [5.74, 6) is 0.0432. The SMILES string of the molecule is CCCC(C)C(=O)Cl.Cc1ccc2c(c1)C2. The van der Waals surface area contributed by atoms with E-state index in [-0.39, 0.29) is 11.2 Å². The molecule has 1 atom stereocenters. The zero-order valence-electron chi connectivity index (χ0n) is 10.2.